The molecule has 0 aliphatic heterocycles. The molecule has 130 valence electrons. The maximum absolute atomic E-state index is 12.2. The Balaban J connectivity index is 1.68. The number of rotatable bonds is 4. The van der Waals surface area contributed by atoms with Gasteiger partial charge in [-0.3, -0.25) is 9.78 Å². The molecule has 4 rings (SSSR count). The molecule has 0 bridgehead atoms. The molecule has 2 aromatic heterocycles. The normalized spacial score (nSPS) is 13.4. The fourth-order valence-corrected chi connectivity index (χ4v) is 2.79. The summed E-state index contributed by atoms with van der Waals surface area (Å²) < 4.78 is 0. The first kappa shape index (κ1) is 16.2. The lowest BCUT2D eigenvalue weighted by molar-refractivity contribution is 0.0946. The van der Waals surface area contributed by atoms with Crippen LogP contribution in [0.25, 0.3) is 22.4 Å². The van der Waals surface area contributed by atoms with Crippen LogP contribution >= 0.6 is 0 Å². The van der Waals surface area contributed by atoms with Gasteiger partial charge in [0.1, 0.15) is 5.69 Å². The van der Waals surface area contributed by atoms with E-state index in [0.29, 0.717) is 17.4 Å². The van der Waals surface area contributed by atoms with Crippen molar-refractivity contribution in [2.24, 2.45) is 0 Å². The maximum atomic E-state index is 12.2. The summed E-state index contributed by atoms with van der Waals surface area (Å²) >= 11 is 0. The first-order chi connectivity index (χ1) is 12.6. The minimum Gasteiger partial charge on any atom is -0.399 e. The number of amides is 1. The van der Waals surface area contributed by atoms with E-state index in [2.05, 4.69) is 20.5 Å². The highest BCUT2D eigenvalue weighted by Crippen LogP contribution is 2.27. The van der Waals surface area contributed by atoms with Crippen LogP contribution in [0.3, 0.4) is 0 Å². The minimum atomic E-state index is -0.136. The number of hydrogen-bond donors (Lipinski definition) is 2. The molecule has 1 fully saturated rings. The van der Waals surface area contributed by atoms with Crippen molar-refractivity contribution in [3.8, 4) is 22.4 Å². The van der Waals surface area contributed by atoms with E-state index in [-0.39, 0.29) is 5.91 Å². The molecule has 0 saturated heterocycles. The number of nitrogen functional groups attached to an aromatic ring is 1. The molecule has 1 saturated carbocycles. The second-order valence-corrected chi connectivity index (χ2v) is 6.58. The molecule has 0 unspecified atom stereocenters. The Kier molecular flexibility index (Phi) is 4.08. The number of anilines is 1. The topological polar surface area (TPSA) is 93.8 Å². The van der Waals surface area contributed by atoms with Crippen molar-refractivity contribution in [2.45, 2.75) is 25.8 Å². The van der Waals surface area contributed by atoms with Crippen LogP contribution < -0.4 is 11.1 Å². The predicted octanol–water partition coefficient (Wildman–Crippen LogP) is 2.99. The summed E-state index contributed by atoms with van der Waals surface area (Å²) in [7, 11) is 0. The lowest BCUT2D eigenvalue weighted by Gasteiger charge is -2.09. The van der Waals surface area contributed by atoms with Gasteiger partial charge in [-0.25, -0.2) is 0 Å². The highest BCUT2D eigenvalue weighted by atomic mass is 16.2. The van der Waals surface area contributed by atoms with Gasteiger partial charge in [-0.1, -0.05) is 6.07 Å². The van der Waals surface area contributed by atoms with E-state index in [1.165, 1.54) is 0 Å². The van der Waals surface area contributed by atoms with Gasteiger partial charge in [-0.05, 0) is 61.2 Å². The molecule has 1 aliphatic rings. The Morgan fingerprint density at radius 1 is 1.15 bits per heavy atom. The van der Waals surface area contributed by atoms with E-state index in [4.69, 9.17) is 5.73 Å². The van der Waals surface area contributed by atoms with Crippen molar-refractivity contribution in [1.82, 2.24) is 20.5 Å². The van der Waals surface area contributed by atoms with Gasteiger partial charge in [0.05, 0.1) is 11.9 Å². The SMILES string of the molecule is Cc1ccc(N)cc1-c1cc(-c2ccnc(C(=O)NC3CC3)c2)cnn1. The Labute approximate surface area is 151 Å². The quantitative estimate of drug-likeness (QED) is 0.709. The number of carbonyl (C=O) groups is 1. The molecular weight excluding hydrogens is 326 g/mol. The third kappa shape index (κ3) is 3.39. The van der Waals surface area contributed by atoms with E-state index in [0.717, 1.165) is 40.8 Å². The van der Waals surface area contributed by atoms with Crippen molar-refractivity contribution in [3.63, 3.8) is 0 Å². The smallest absolute Gasteiger partial charge is 0.270 e. The average molecular weight is 345 g/mol. The number of aryl methyl sites for hydroxylation is 1. The highest BCUT2D eigenvalue weighted by molar-refractivity contribution is 5.93. The Morgan fingerprint density at radius 2 is 2.00 bits per heavy atom. The number of carbonyl (C=O) groups excluding carboxylic acids is 1. The number of benzene rings is 1. The minimum absolute atomic E-state index is 0.136. The summed E-state index contributed by atoms with van der Waals surface area (Å²) in [5, 5.41) is 11.3. The van der Waals surface area contributed by atoms with Gasteiger partial charge in [0, 0.05) is 29.1 Å². The third-order valence-corrected chi connectivity index (χ3v) is 4.43. The second-order valence-electron chi connectivity index (χ2n) is 6.58. The highest BCUT2D eigenvalue weighted by Gasteiger charge is 2.24. The van der Waals surface area contributed by atoms with Crippen LogP contribution in [0.2, 0.25) is 0 Å². The molecule has 6 nitrogen and oxygen atoms in total. The van der Waals surface area contributed by atoms with E-state index in [1.54, 1.807) is 18.5 Å². The van der Waals surface area contributed by atoms with Crippen molar-refractivity contribution < 1.29 is 4.79 Å². The van der Waals surface area contributed by atoms with Crippen molar-refractivity contribution in [3.05, 3.63) is 60.0 Å². The lowest BCUT2D eigenvalue weighted by atomic mass is 10.0. The summed E-state index contributed by atoms with van der Waals surface area (Å²) in [5.74, 6) is -0.136. The standard InChI is InChI=1S/C20H19N5O/c1-12-2-3-15(21)10-17(12)18-9-14(11-23-25-18)13-6-7-22-19(8-13)20(26)24-16-4-5-16/h2-3,6-11,16H,4-5,21H2,1H3,(H,24,26). The van der Waals surface area contributed by atoms with Gasteiger partial charge < -0.3 is 11.1 Å². The van der Waals surface area contributed by atoms with Gasteiger partial charge in [0.2, 0.25) is 0 Å². The Hall–Kier alpha value is -3.28. The van der Waals surface area contributed by atoms with Gasteiger partial charge in [-0.2, -0.15) is 10.2 Å². The van der Waals surface area contributed by atoms with E-state index in [9.17, 15) is 4.79 Å². The largest absolute Gasteiger partial charge is 0.399 e. The van der Waals surface area contributed by atoms with E-state index < -0.39 is 0 Å². The van der Waals surface area contributed by atoms with E-state index in [1.807, 2.05) is 37.3 Å². The van der Waals surface area contributed by atoms with Gasteiger partial charge in [0.25, 0.3) is 5.91 Å². The molecule has 2 heterocycles. The summed E-state index contributed by atoms with van der Waals surface area (Å²) in [6, 6.07) is 11.6. The van der Waals surface area contributed by atoms with Gasteiger partial charge in [-0.15, -0.1) is 0 Å². The number of nitrogens with two attached hydrogens (primary N) is 1. The van der Waals surface area contributed by atoms with Crippen molar-refractivity contribution in [2.75, 3.05) is 5.73 Å². The first-order valence-corrected chi connectivity index (χ1v) is 8.57. The zero-order valence-electron chi connectivity index (χ0n) is 14.4. The summed E-state index contributed by atoms with van der Waals surface area (Å²) in [6.45, 7) is 2.01. The number of hydrogen-bond acceptors (Lipinski definition) is 5. The van der Waals surface area contributed by atoms with Gasteiger partial charge in [0.15, 0.2) is 0 Å². The first-order valence-electron chi connectivity index (χ1n) is 8.57. The molecule has 1 aliphatic carbocycles. The lowest BCUT2D eigenvalue weighted by Crippen LogP contribution is -2.26. The van der Waals surface area contributed by atoms with Crippen molar-refractivity contribution >= 4 is 11.6 Å². The number of pyridine rings is 1. The van der Waals surface area contributed by atoms with Crippen LogP contribution in [0.4, 0.5) is 5.69 Å². The molecule has 0 atom stereocenters. The third-order valence-electron chi connectivity index (χ3n) is 4.43. The van der Waals surface area contributed by atoms with E-state index >= 15 is 0 Å². The maximum Gasteiger partial charge on any atom is 0.270 e. The van der Waals surface area contributed by atoms with Crippen molar-refractivity contribution in [1.29, 1.82) is 0 Å². The van der Waals surface area contributed by atoms with Crippen LogP contribution in [-0.2, 0) is 0 Å². The molecule has 1 amide bonds. The fraction of sp³-hybridized carbons (Fsp3) is 0.200. The zero-order chi connectivity index (χ0) is 18.1. The van der Waals surface area contributed by atoms with Gasteiger partial charge >= 0.3 is 0 Å². The van der Waals surface area contributed by atoms with Crippen LogP contribution in [0.5, 0.6) is 0 Å². The second kappa shape index (κ2) is 6.55. The fourth-order valence-electron chi connectivity index (χ4n) is 2.79. The molecule has 6 heteroatoms. The summed E-state index contributed by atoms with van der Waals surface area (Å²) in [6.07, 6.45) is 5.41. The van der Waals surface area contributed by atoms with Crippen LogP contribution in [0.1, 0.15) is 28.9 Å². The molecule has 3 aromatic rings. The average Bonchev–Trinajstić information content (AvgIpc) is 3.48. The zero-order valence-corrected chi connectivity index (χ0v) is 14.4. The van der Waals surface area contributed by atoms with Crippen LogP contribution in [0, 0.1) is 6.92 Å². The van der Waals surface area contributed by atoms with Crippen LogP contribution in [-0.4, -0.2) is 27.1 Å². The predicted molar refractivity (Wildman–Crippen MR) is 100 cm³/mol. The Bertz CT molecular complexity index is 981. The summed E-state index contributed by atoms with van der Waals surface area (Å²) in [5.41, 5.74) is 11.5. The molecule has 26 heavy (non-hydrogen) atoms. The molecular formula is C20H19N5O. The molecule has 1 aromatic carbocycles. The van der Waals surface area contributed by atoms with Crippen LogP contribution in [0.15, 0.2) is 48.8 Å². The summed E-state index contributed by atoms with van der Waals surface area (Å²) in [4.78, 5) is 16.4. The molecule has 3 N–H and O–H groups in total. The number of aromatic nitrogens is 3. The molecule has 0 spiro atoms. The number of nitrogens with one attached hydrogen (secondary N) is 1. The monoisotopic (exact) mass is 345 g/mol. The molecule has 0 radical (unpaired) electrons. The number of nitrogens with zero attached hydrogens (tertiary/aromatic N) is 3. The Morgan fingerprint density at radius 3 is 2.81 bits per heavy atom.